The lowest BCUT2D eigenvalue weighted by Gasteiger charge is -2.38. The second kappa shape index (κ2) is 10.1. The SMILES string of the molecule is CC(C)C1CNCCN1CCCNc1ncc(Cl)c(-c2cc3c(C(=O)O)cccc3s2)n1. The van der Waals surface area contributed by atoms with Gasteiger partial charge < -0.3 is 15.7 Å². The molecule has 170 valence electrons. The first-order valence-corrected chi connectivity index (χ1v) is 12.1. The molecule has 3 aromatic rings. The van der Waals surface area contributed by atoms with Gasteiger partial charge in [0.05, 0.1) is 21.7 Å². The van der Waals surface area contributed by atoms with E-state index in [4.69, 9.17) is 11.6 Å². The van der Waals surface area contributed by atoms with Crippen LogP contribution in [-0.2, 0) is 0 Å². The van der Waals surface area contributed by atoms with Gasteiger partial charge in [0, 0.05) is 48.9 Å². The molecule has 0 amide bonds. The van der Waals surface area contributed by atoms with Gasteiger partial charge in [-0.1, -0.05) is 31.5 Å². The molecule has 0 radical (unpaired) electrons. The summed E-state index contributed by atoms with van der Waals surface area (Å²) in [6.07, 6.45) is 2.59. The molecule has 2 aromatic heterocycles. The third-order valence-corrected chi connectivity index (χ3v) is 7.23. The lowest BCUT2D eigenvalue weighted by atomic mass is 10.0. The number of hydrogen-bond donors (Lipinski definition) is 3. The van der Waals surface area contributed by atoms with Gasteiger partial charge in [0.2, 0.25) is 5.95 Å². The van der Waals surface area contributed by atoms with E-state index < -0.39 is 5.97 Å². The molecule has 1 fully saturated rings. The van der Waals surface area contributed by atoms with Gasteiger partial charge in [-0.25, -0.2) is 14.8 Å². The zero-order valence-electron chi connectivity index (χ0n) is 18.3. The van der Waals surface area contributed by atoms with Gasteiger partial charge >= 0.3 is 5.97 Å². The second-order valence-corrected chi connectivity index (χ2v) is 9.85. The topological polar surface area (TPSA) is 90.4 Å². The number of halogens is 1. The van der Waals surface area contributed by atoms with E-state index in [0.29, 0.717) is 34.0 Å². The molecule has 1 aliphatic heterocycles. The number of benzene rings is 1. The molecule has 0 bridgehead atoms. The molecule has 32 heavy (non-hydrogen) atoms. The zero-order valence-corrected chi connectivity index (χ0v) is 19.8. The van der Waals surface area contributed by atoms with Crippen LogP contribution >= 0.6 is 22.9 Å². The van der Waals surface area contributed by atoms with Crippen molar-refractivity contribution < 1.29 is 9.90 Å². The summed E-state index contributed by atoms with van der Waals surface area (Å²) in [6.45, 7) is 9.53. The fraction of sp³-hybridized carbons (Fsp3) is 0.435. The van der Waals surface area contributed by atoms with Crippen LogP contribution in [0.1, 0.15) is 30.6 Å². The Morgan fingerprint density at radius 1 is 1.44 bits per heavy atom. The molecule has 1 aromatic carbocycles. The molecular formula is C23H28ClN5O2S. The standard InChI is InChI=1S/C23H28ClN5O2S/c1-14(2)18-13-25-8-10-29(18)9-4-7-26-23-27-12-17(24)21(28-23)20-11-16-15(22(30)31)5-3-6-19(16)32-20/h3,5-6,11-12,14,18,25H,4,7-10,13H2,1-2H3,(H,30,31)(H,26,27,28). The molecule has 4 rings (SSSR count). The molecule has 0 saturated carbocycles. The molecule has 1 saturated heterocycles. The summed E-state index contributed by atoms with van der Waals surface area (Å²) in [7, 11) is 0. The van der Waals surface area contributed by atoms with E-state index >= 15 is 0 Å². The number of aromatic carboxylic acids is 1. The molecule has 3 heterocycles. The number of nitrogens with zero attached hydrogens (tertiary/aromatic N) is 3. The Bertz CT molecular complexity index is 1100. The molecule has 0 spiro atoms. The van der Waals surface area contributed by atoms with E-state index in [0.717, 1.165) is 48.7 Å². The van der Waals surface area contributed by atoms with Crippen LogP contribution in [0, 0.1) is 5.92 Å². The summed E-state index contributed by atoms with van der Waals surface area (Å²) in [4.78, 5) is 23.9. The molecule has 1 unspecified atom stereocenters. The Morgan fingerprint density at radius 2 is 2.28 bits per heavy atom. The van der Waals surface area contributed by atoms with Crippen molar-refractivity contribution >= 4 is 44.9 Å². The number of aromatic nitrogens is 2. The van der Waals surface area contributed by atoms with Crippen molar-refractivity contribution in [2.45, 2.75) is 26.3 Å². The number of anilines is 1. The highest BCUT2D eigenvalue weighted by atomic mass is 35.5. The lowest BCUT2D eigenvalue weighted by molar-refractivity contribution is 0.0699. The van der Waals surface area contributed by atoms with Crippen LogP contribution in [0.2, 0.25) is 5.02 Å². The largest absolute Gasteiger partial charge is 0.478 e. The number of piperazine rings is 1. The third kappa shape index (κ3) is 5.04. The maximum atomic E-state index is 11.5. The summed E-state index contributed by atoms with van der Waals surface area (Å²) < 4.78 is 0.889. The van der Waals surface area contributed by atoms with E-state index in [2.05, 4.69) is 39.3 Å². The molecule has 1 atom stereocenters. The van der Waals surface area contributed by atoms with Gasteiger partial charge in [0.25, 0.3) is 0 Å². The monoisotopic (exact) mass is 473 g/mol. The van der Waals surface area contributed by atoms with Crippen LogP contribution in [0.25, 0.3) is 20.7 Å². The van der Waals surface area contributed by atoms with Crippen molar-refractivity contribution in [1.29, 1.82) is 0 Å². The number of fused-ring (bicyclic) bond motifs is 1. The van der Waals surface area contributed by atoms with Crippen LogP contribution in [0.4, 0.5) is 5.95 Å². The first kappa shape index (κ1) is 22.9. The zero-order chi connectivity index (χ0) is 22.7. The van der Waals surface area contributed by atoms with E-state index in [9.17, 15) is 9.90 Å². The molecular weight excluding hydrogens is 446 g/mol. The molecule has 9 heteroatoms. The number of carbonyl (C=O) groups is 1. The van der Waals surface area contributed by atoms with Gasteiger partial charge in [-0.15, -0.1) is 11.3 Å². The number of rotatable bonds is 8. The fourth-order valence-corrected chi connectivity index (χ4v) is 5.51. The Morgan fingerprint density at radius 3 is 3.06 bits per heavy atom. The summed E-state index contributed by atoms with van der Waals surface area (Å²) in [5.74, 6) is 0.210. The first-order chi connectivity index (χ1) is 15.4. The number of thiophene rings is 1. The minimum Gasteiger partial charge on any atom is -0.478 e. The van der Waals surface area contributed by atoms with Gasteiger partial charge in [-0.05, 0) is 30.5 Å². The average molecular weight is 474 g/mol. The van der Waals surface area contributed by atoms with Crippen molar-refractivity contribution in [2.24, 2.45) is 5.92 Å². The van der Waals surface area contributed by atoms with Crippen molar-refractivity contribution in [1.82, 2.24) is 20.2 Å². The van der Waals surface area contributed by atoms with Gasteiger partial charge in [0.1, 0.15) is 5.69 Å². The maximum absolute atomic E-state index is 11.5. The Kier molecular flexibility index (Phi) is 7.25. The maximum Gasteiger partial charge on any atom is 0.336 e. The highest BCUT2D eigenvalue weighted by molar-refractivity contribution is 7.22. The number of hydrogen-bond acceptors (Lipinski definition) is 7. The van der Waals surface area contributed by atoms with Gasteiger partial charge in [-0.3, -0.25) is 4.90 Å². The Labute approximate surface area is 196 Å². The van der Waals surface area contributed by atoms with Crippen molar-refractivity contribution in [3.63, 3.8) is 0 Å². The summed E-state index contributed by atoms with van der Waals surface area (Å²) in [5.41, 5.74) is 0.893. The van der Waals surface area contributed by atoms with Gasteiger partial charge in [0.15, 0.2) is 0 Å². The predicted molar refractivity (Wildman–Crippen MR) is 131 cm³/mol. The van der Waals surface area contributed by atoms with E-state index in [1.165, 1.54) is 11.3 Å². The highest BCUT2D eigenvalue weighted by Crippen LogP contribution is 2.37. The predicted octanol–water partition coefficient (Wildman–Crippen LogP) is 4.44. The molecule has 1 aliphatic rings. The highest BCUT2D eigenvalue weighted by Gasteiger charge is 2.24. The molecule has 7 nitrogen and oxygen atoms in total. The fourth-order valence-electron chi connectivity index (χ4n) is 4.17. The Hall–Kier alpha value is -2.26. The van der Waals surface area contributed by atoms with E-state index in [1.807, 2.05) is 12.1 Å². The molecule has 0 aliphatic carbocycles. The Balaban J connectivity index is 1.44. The first-order valence-electron chi connectivity index (χ1n) is 10.9. The average Bonchev–Trinajstić information content (AvgIpc) is 3.22. The second-order valence-electron chi connectivity index (χ2n) is 8.36. The smallest absolute Gasteiger partial charge is 0.336 e. The quantitative estimate of drug-likeness (QED) is 0.416. The van der Waals surface area contributed by atoms with Crippen LogP contribution < -0.4 is 10.6 Å². The summed E-state index contributed by atoms with van der Waals surface area (Å²) in [5, 5.41) is 17.4. The van der Waals surface area contributed by atoms with Crippen LogP contribution in [0.5, 0.6) is 0 Å². The number of carboxylic acids is 1. The van der Waals surface area contributed by atoms with E-state index in [-0.39, 0.29) is 5.56 Å². The van der Waals surface area contributed by atoms with Crippen molar-refractivity contribution in [2.75, 3.05) is 38.0 Å². The normalized spacial score (nSPS) is 17.2. The summed E-state index contributed by atoms with van der Waals surface area (Å²) >= 11 is 7.87. The summed E-state index contributed by atoms with van der Waals surface area (Å²) in [6, 6.07) is 7.69. The van der Waals surface area contributed by atoms with Crippen molar-refractivity contribution in [3.8, 4) is 10.6 Å². The lowest BCUT2D eigenvalue weighted by Crippen LogP contribution is -2.53. The third-order valence-electron chi connectivity index (χ3n) is 5.84. The van der Waals surface area contributed by atoms with Crippen molar-refractivity contribution in [3.05, 3.63) is 41.0 Å². The van der Waals surface area contributed by atoms with Crippen LogP contribution in [-0.4, -0.2) is 64.7 Å². The minimum absolute atomic E-state index is 0.279. The molecule has 3 N–H and O–H groups in total. The van der Waals surface area contributed by atoms with Crippen LogP contribution in [0.3, 0.4) is 0 Å². The number of nitrogens with one attached hydrogen (secondary N) is 2. The van der Waals surface area contributed by atoms with Crippen LogP contribution in [0.15, 0.2) is 30.5 Å². The van der Waals surface area contributed by atoms with Gasteiger partial charge in [-0.2, -0.15) is 0 Å². The number of carboxylic acid groups (broad SMARTS) is 1. The minimum atomic E-state index is -0.944. The van der Waals surface area contributed by atoms with E-state index in [1.54, 1.807) is 18.3 Å².